The van der Waals surface area contributed by atoms with E-state index in [1.807, 2.05) is 30.3 Å². The number of nitrogens with one attached hydrogen (secondary N) is 1. The zero-order valence-corrected chi connectivity index (χ0v) is 19.1. The van der Waals surface area contributed by atoms with Crippen LogP contribution in [0.25, 0.3) is 0 Å². The lowest BCUT2D eigenvalue weighted by molar-refractivity contribution is -0.138. The summed E-state index contributed by atoms with van der Waals surface area (Å²) in [6.07, 6.45) is -5.15. The first-order valence-electron chi connectivity index (χ1n) is 10.4. The fourth-order valence-corrected chi connectivity index (χ4v) is 3.83. The Kier molecular flexibility index (Phi) is 9.93. The van der Waals surface area contributed by atoms with Gasteiger partial charge in [0, 0.05) is 50.3 Å². The fourth-order valence-electron chi connectivity index (χ4n) is 3.83. The molecule has 0 spiro atoms. The number of piperazine rings is 1. The third-order valence-electron chi connectivity index (χ3n) is 5.41. The maximum atomic E-state index is 13.1. The van der Waals surface area contributed by atoms with E-state index in [2.05, 4.69) is 10.2 Å². The van der Waals surface area contributed by atoms with Crippen LogP contribution in [0, 0.1) is 0 Å². The zero-order valence-electron chi connectivity index (χ0n) is 18.3. The molecule has 1 N–H and O–H groups in total. The highest BCUT2D eigenvalue weighted by molar-refractivity contribution is 5.85. The Morgan fingerprint density at radius 1 is 0.969 bits per heavy atom. The summed E-state index contributed by atoms with van der Waals surface area (Å²) in [5.74, 6) is 1.45. The van der Waals surface area contributed by atoms with Crippen LogP contribution in [-0.2, 0) is 6.61 Å². The minimum absolute atomic E-state index is 0. The predicted molar refractivity (Wildman–Crippen MR) is 120 cm³/mol. The first kappa shape index (κ1) is 26.1. The van der Waals surface area contributed by atoms with Gasteiger partial charge in [-0.2, -0.15) is 13.2 Å². The average molecular weight is 475 g/mol. The number of benzene rings is 2. The first-order valence-corrected chi connectivity index (χ1v) is 10.4. The fraction of sp³-hybridized carbons (Fsp3) is 0.478. The monoisotopic (exact) mass is 474 g/mol. The van der Waals surface area contributed by atoms with E-state index in [1.165, 1.54) is 14.2 Å². The summed E-state index contributed by atoms with van der Waals surface area (Å²) in [4.78, 5) is 2.08. The zero-order chi connectivity index (χ0) is 22.3. The van der Waals surface area contributed by atoms with Gasteiger partial charge in [-0.1, -0.05) is 30.3 Å². The highest BCUT2D eigenvalue weighted by Crippen LogP contribution is 2.42. The van der Waals surface area contributed by atoms with Crippen LogP contribution in [0.3, 0.4) is 0 Å². The summed E-state index contributed by atoms with van der Waals surface area (Å²) in [6, 6.07) is 12.7. The van der Waals surface area contributed by atoms with Gasteiger partial charge in [0.05, 0.1) is 14.2 Å². The molecule has 2 aromatic carbocycles. The second kappa shape index (κ2) is 12.2. The molecular formula is C23H30ClF3N2O3. The second-order valence-electron chi connectivity index (χ2n) is 7.47. The van der Waals surface area contributed by atoms with Gasteiger partial charge in [0.25, 0.3) is 0 Å². The van der Waals surface area contributed by atoms with Gasteiger partial charge >= 0.3 is 6.18 Å². The molecule has 0 saturated carbocycles. The SMILES string of the molecule is COc1cc(OCc2ccccc2)c([C@@H](CCC(F)(F)F)N2CCNCC2)cc1OC.Cl. The van der Waals surface area contributed by atoms with Crippen LogP contribution in [0.1, 0.15) is 30.0 Å². The number of ether oxygens (including phenoxy) is 3. The molecule has 178 valence electrons. The smallest absolute Gasteiger partial charge is 0.389 e. The minimum Gasteiger partial charge on any atom is -0.493 e. The van der Waals surface area contributed by atoms with Gasteiger partial charge in [0.1, 0.15) is 12.4 Å². The molecule has 0 aliphatic carbocycles. The number of hydrogen-bond acceptors (Lipinski definition) is 5. The lowest BCUT2D eigenvalue weighted by Gasteiger charge is -2.36. The standard InChI is InChI=1S/C23H29F3N2O3.ClH/c1-29-21-14-18(19(8-9-23(24,25)26)28-12-10-27-11-13-28)20(15-22(21)30-2)31-16-17-6-4-3-5-7-17;/h3-7,14-15,19,27H,8-13,16H2,1-2H3;1H/t19-;/m1./s1. The van der Waals surface area contributed by atoms with Crippen LogP contribution >= 0.6 is 12.4 Å². The molecule has 5 nitrogen and oxygen atoms in total. The lowest BCUT2D eigenvalue weighted by atomic mass is 9.97. The van der Waals surface area contributed by atoms with E-state index in [4.69, 9.17) is 14.2 Å². The van der Waals surface area contributed by atoms with Crippen molar-refractivity contribution in [2.45, 2.75) is 31.7 Å². The van der Waals surface area contributed by atoms with Gasteiger partial charge in [-0.3, -0.25) is 4.90 Å². The third-order valence-corrected chi connectivity index (χ3v) is 5.41. The molecule has 1 aliphatic rings. The van der Waals surface area contributed by atoms with Crippen LogP contribution < -0.4 is 19.5 Å². The topological polar surface area (TPSA) is 43.0 Å². The molecule has 1 aliphatic heterocycles. The highest BCUT2D eigenvalue weighted by atomic mass is 35.5. The van der Waals surface area contributed by atoms with Crippen LogP contribution in [0.4, 0.5) is 13.2 Å². The molecule has 0 aromatic heterocycles. The van der Waals surface area contributed by atoms with Crippen molar-refractivity contribution in [2.24, 2.45) is 0 Å². The van der Waals surface area contributed by atoms with Crippen LogP contribution in [-0.4, -0.2) is 51.5 Å². The van der Waals surface area contributed by atoms with Crippen molar-refractivity contribution >= 4 is 12.4 Å². The number of nitrogens with zero attached hydrogens (tertiary/aromatic N) is 1. The molecular weight excluding hydrogens is 445 g/mol. The van der Waals surface area contributed by atoms with E-state index in [9.17, 15) is 13.2 Å². The van der Waals surface area contributed by atoms with Gasteiger partial charge in [-0.05, 0) is 18.1 Å². The van der Waals surface area contributed by atoms with Crippen molar-refractivity contribution in [2.75, 3.05) is 40.4 Å². The van der Waals surface area contributed by atoms with Gasteiger partial charge in [-0.15, -0.1) is 12.4 Å². The van der Waals surface area contributed by atoms with Crippen molar-refractivity contribution in [1.29, 1.82) is 0 Å². The summed E-state index contributed by atoms with van der Waals surface area (Å²) < 4.78 is 56.3. The number of hydrogen-bond donors (Lipinski definition) is 1. The molecule has 32 heavy (non-hydrogen) atoms. The summed E-state index contributed by atoms with van der Waals surface area (Å²) in [7, 11) is 3.04. The van der Waals surface area contributed by atoms with Crippen molar-refractivity contribution in [3.05, 3.63) is 53.6 Å². The van der Waals surface area contributed by atoms with Gasteiger partial charge < -0.3 is 19.5 Å². The molecule has 0 radical (unpaired) electrons. The van der Waals surface area contributed by atoms with Crippen molar-refractivity contribution in [3.63, 3.8) is 0 Å². The Labute approximate surface area is 193 Å². The summed E-state index contributed by atoms with van der Waals surface area (Å²) in [5, 5.41) is 3.26. The quantitative estimate of drug-likeness (QED) is 0.554. The number of halogens is 4. The van der Waals surface area contributed by atoms with Gasteiger partial charge in [0.15, 0.2) is 11.5 Å². The third kappa shape index (κ3) is 7.18. The Balaban J connectivity index is 0.00000363. The summed E-state index contributed by atoms with van der Waals surface area (Å²) in [5.41, 5.74) is 1.65. The van der Waals surface area contributed by atoms with Crippen molar-refractivity contribution in [1.82, 2.24) is 10.2 Å². The molecule has 3 rings (SSSR count). The molecule has 2 aromatic rings. The number of rotatable bonds is 9. The molecule has 9 heteroatoms. The van der Waals surface area contributed by atoms with E-state index in [0.717, 1.165) is 18.7 Å². The normalized spacial score (nSPS) is 15.5. The van der Waals surface area contributed by atoms with E-state index < -0.39 is 18.6 Å². The minimum atomic E-state index is -4.23. The second-order valence-corrected chi connectivity index (χ2v) is 7.47. The molecule has 0 unspecified atom stereocenters. The Morgan fingerprint density at radius 3 is 2.19 bits per heavy atom. The van der Waals surface area contributed by atoms with Crippen molar-refractivity contribution < 1.29 is 27.4 Å². The number of methoxy groups -OCH3 is 2. The molecule has 1 fully saturated rings. The molecule has 0 bridgehead atoms. The van der Waals surface area contributed by atoms with Crippen molar-refractivity contribution in [3.8, 4) is 17.2 Å². The Bertz CT molecular complexity index is 831. The maximum absolute atomic E-state index is 13.1. The molecule has 1 saturated heterocycles. The largest absolute Gasteiger partial charge is 0.493 e. The van der Waals surface area contributed by atoms with Crippen LogP contribution in [0.2, 0.25) is 0 Å². The van der Waals surface area contributed by atoms with E-state index in [-0.39, 0.29) is 18.8 Å². The lowest BCUT2D eigenvalue weighted by Crippen LogP contribution is -2.45. The van der Waals surface area contributed by atoms with E-state index in [0.29, 0.717) is 42.5 Å². The number of alkyl halides is 3. The van der Waals surface area contributed by atoms with E-state index in [1.54, 1.807) is 12.1 Å². The van der Waals surface area contributed by atoms with Gasteiger partial charge in [-0.25, -0.2) is 0 Å². The molecule has 1 atom stereocenters. The maximum Gasteiger partial charge on any atom is 0.389 e. The van der Waals surface area contributed by atoms with E-state index >= 15 is 0 Å². The Morgan fingerprint density at radius 2 is 1.59 bits per heavy atom. The van der Waals surface area contributed by atoms with Gasteiger partial charge in [0.2, 0.25) is 0 Å². The summed E-state index contributed by atoms with van der Waals surface area (Å²) >= 11 is 0. The first-order chi connectivity index (χ1) is 14.9. The molecule has 0 amide bonds. The average Bonchev–Trinajstić information content (AvgIpc) is 2.78. The van der Waals surface area contributed by atoms with Crippen LogP contribution in [0.15, 0.2) is 42.5 Å². The highest BCUT2D eigenvalue weighted by Gasteiger charge is 2.33. The van der Waals surface area contributed by atoms with Crippen LogP contribution in [0.5, 0.6) is 17.2 Å². The molecule has 1 heterocycles. The Hall–Kier alpha value is -2.16. The predicted octanol–water partition coefficient (Wildman–Crippen LogP) is 4.99. The summed E-state index contributed by atoms with van der Waals surface area (Å²) in [6.45, 7) is 3.09.